The number of nitrogens with zero attached hydrogens (tertiary/aromatic N) is 3. The summed E-state index contributed by atoms with van der Waals surface area (Å²) < 4.78 is 7.27. The van der Waals surface area contributed by atoms with Gasteiger partial charge in [-0.1, -0.05) is 44.2 Å². The van der Waals surface area contributed by atoms with Gasteiger partial charge < -0.3 is 19.8 Å². The van der Waals surface area contributed by atoms with Crippen LogP contribution >= 0.6 is 0 Å². The van der Waals surface area contributed by atoms with Crippen LogP contribution in [0.3, 0.4) is 0 Å². The molecule has 0 amide bonds. The maximum atomic E-state index is 11.2. The van der Waals surface area contributed by atoms with Crippen LogP contribution in [0, 0.1) is 17.3 Å². The third kappa shape index (κ3) is 2.71. The number of hydrogen-bond donors (Lipinski definition) is 2. The molecule has 36 heavy (non-hydrogen) atoms. The quantitative estimate of drug-likeness (QED) is 0.672. The highest BCUT2D eigenvalue weighted by molar-refractivity contribution is 5.84. The summed E-state index contributed by atoms with van der Waals surface area (Å²) in [5.74, 6) is 0.613. The first-order valence-electron chi connectivity index (χ1n) is 13.3. The lowest BCUT2D eigenvalue weighted by atomic mass is 9.54. The van der Waals surface area contributed by atoms with Gasteiger partial charge in [-0.05, 0) is 74.0 Å². The monoisotopic (exact) mass is 485 g/mol. The summed E-state index contributed by atoms with van der Waals surface area (Å²) in [6.45, 7) is 4.74. The van der Waals surface area contributed by atoms with Gasteiger partial charge in [-0.25, -0.2) is 9.97 Å². The van der Waals surface area contributed by atoms with Crippen molar-refractivity contribution in [3.63, 3.8) is 0 Å². The fourth-order valence-electron chi connectivity index (χ4n) is 8.40. The van der Waals surface area contributed by atoms with Crippen molar-refractivity contribution in [2.75, 3.05) is 14.1 Å². The maximum Gasteiger partial charge on any atom is 0.116 e. The van der Waals surface area contributed by atoms with E-state index in [9.17, 15) is 10.2 Å². The summed E-state index contributed by atoms with van der Waals surface area (Å²) in [5.41, 5.74) is 4.73. The Labute approximate surface area is 212 Å². The van der Waals surface area contributed by atoms with Crippen LogP contribution in [-0.4, -0.2) is 68.6 Å². The van der Waals surface area contributed by atoms with Crippen LogP contribution in [0.25, 0.3) is 16.5 Å². The highest BCUT2D eigenvalue weighted by Crippen LogP contribution is 2.69. The molecule has 3 heterocycles. The number of hydrogen-bond acceptors (Lipinski definition) is 6. The van der Waals surface area contributed by atoms with E-state index in [1.165, 1.54) is 16.7 Å². The van der Waals surface area contributed by atoms with Crippen LogP contribution in [0.15, 0.2) is 60.1 Å². The standard InChI is InChI=1S/C30H35N3O3/c1-17-11-20-13-22-26(34)27(35)24(33(3)4)14-29(22)9-10-30(20,36-29)25-8-7-21(28(17,25)2)18-5-6-19-15-31-16-32-23(19)12-18/h5-7,11-13,15-17,24-27,34-35H,8-10,14H2,1-4H3/t17?,24-,25?,26+,27+,28+,29+,30+/m0/s1. The van der Waals surface area contributed by atoms with Crippen LogP contribution < -0.4 is 0 Å². The summed E-state index contributed by atoms with van der Waals surface area (Å²) >= 11 is 0. The molecule has 2 unspecified atom stereocenters. The zero-order valence-electron chi connectivity index (χ0n) is 21.5. The van der Waals surface area contributed by atoms with E-state index in [1.807, 2.05) is 25.2 Å². The van der Waals surface area contributed by atoms with E-state index in [0.717, 1.165) is 35.7 Å². The fourth-order valence-corrected chi connectivity index (χ4v) is 8.40. The Bertz CT molecular complexity index is 1360. The average Bonchev–Trinajstić information content (AvgIpc) is 3.39. The predicted molar refractivity (Wildman–Crippen MR) is 139 cm³/mol. The summed E-state index contributed by atoms with van der Waals surface area (Å²) in [4.78, 5) is 10.7. The summed E-state index contributed by atoms with van der Waals surface area (Å²) in [7, 11) is 3.96. The topological polar surface area (TPSA) is 78.7 Å². The molecule has 188 valence electrons. The van der Waals surface area contributed by atoms with Gasteiger partial charge in [0.05, 0.1) is 22.8 Å². The number of aliphatic hydroxyl groups is 2. The molecule has 6 nitrogen and oxygen atoms in total. The second-order valence-electron chi connectivity index (χ2n) is 12.2. The number of benzene rings is 1. The molecule has 1 saturated carbocycles. The second kappa shape index (κ2) is 7.35. The zero-order valence-corrected chi connectivity index (χ0v) is 21.5. The van der Waals surface area contributed by atoms with Gasteiger partial charge >= 0.3 is 0 Å². The highest BCUT2D eigenvalue weighted by Gasteiger charge is 2.68. The molecule has 0 radical (unpaired) electrons. The molecule has 2 aliphatic heterocycles. The molecule has 1 aromatic heterocycles. The van der Waals surface area contributed by atoms with Gasteiger partial charge in [0, 0.05) is 29.0 Å². The lowest BCUT2D eigenvalue weighted by Crippen LogP contribution is -2.62. The van der Waals surface area contributed by atoms with Crippen LogP contribution in [0.1, 0.15) is 45.1 Å². The molecule has 3 aliphatic carbocycles. The van der Waals surface area contributed by atoms with Crippen molar-refractivity contribution in [1.82, 2.24) is 14.9 Å². The number of allylic oxidation sites excluding steroid dienone is 3. The molecule has 2 aromatic rings. The highest BCUT2D eigenvalue weighted by atomic mass is 16.5. The SMILES string of the molecule is CC1C=C2C=C3[C@@H](O)[C@H](O)[C@@H](N(C)C)C[C@]34CC[C@]2(O4)C2CC=C(c3ccc4cncnc4c3)[C@@]12C. The third-order valence-corrected chi connectivity index (χ3v) is 10.5. The van der Waals surface area contributed by atoms with E-state index in [4.69, 9.17) is 4.74 Å². The molecular formula is C30H35N3O3. The lowest BCUT2D eigenvalue weighted by Gasteiger charge is -2.57. The minimum Gasteiger partial charge on any atom is -0.388 e. The zero-order chi connectivity index (χ0) is 25.0. The van der Waals surface area contributed by atoms with Crippen molar-refractivity contribution >= 4 is 16.5 Å². The van der Waals surface area contributed by atoms with E-state index < -0.39 is 17.8 Å². The molecule has 1 aromatic carbocycles. The van der Waals surface area contributed by atoms with Gasteiger partial charge in [0.1, 0.15) is 12.4 Å². The lowest BCUT2D eigenvalue weighted by molar-refractivity contribution is -0.165. The van der Waals surface area contributed by atoms with Gasteiger partial charge in [0.15, 0.2) is 0 Å². The fraction of sp³-hybridized carbons (Fsp3) is 0.533. The van der Waals surface area contributed by atoms with E-state index >= 15 is 0 Å². The number of likely N-dealkylation sites (N-methyl/N-ethyl adjacent to an activating group) is 1. The molecule has 2 spiro atoms. The van der Waals surface area contributed by atoms with Gasteiger partial charge in [0.2, 0.25) is 0 Å². The number of ether oxygens (including phenoxy) is 1. The number of aromatic nitrogens is 2. The minimum absolute atomic E-state index is 0.0746. The van der Waals surface area contributed by atoms with Crippen molar-refractivity contribution in [1.29, 1.82) is 0 Å². The summed E-state index contributed by atoms with van der Waals surface area (Å²) in [5, 5.41) is 23.2. The molecule has 7 rings (SSSR count). The Morgan fingerprint density at radius 3 is 2.81 bits per heavy atom. The van der Waals surface area contributed by atoms with Crippen molar-refractivity contribution in [2.24, 2.45) is 17.3 Å². The Morgan fingerprint density at radius 2 is 2.00 bits per heavy atom. The number of fused-ring (bicyclic) bond motifs is 2. The van der Waals surface area contributed by atoms with Crippen molar-refractivity contribution in [2.45, 2.75) is 69.0 Å². The van der Waals surface area contributed by atoms with E-state index in [1.54, 1.807) is 6.33 Å². The third-order valence-electron chi connectivity index (χ3n) is 10.5. The molecule has 5 aliphatic rings. The van der Waals surface area contributed by atoms with Crippen molar-refractivity contribution in [3.8, 4) is 0 Å². The van der Waals surface area contributed by atoms with Crippen molar-refractivity contribution < 1.29 is 14.9 Å². The average molecular weight is 486 g/mol. The van der Waals surface area contributed by atoms with Gasteiger partial charge in [-0.15, -0.1) is 0 Å². The predicted octanol–water partition coefficient (Wildman–Crippen LogP) is 3.90. The molecule has 2 bridgehead atoms. The van der Waals surface area contributed by atoms with E-state index in [0.29, 0.717) is 18.3 Å². The van der Waals surface area contributed by atoms with Crippen LogP contribution in [0.4, 0.5) is 0 Å². The molecule has 1 saturated heterocycles. The largest absolute Gasteiger partial charge is 0.388 e. The second-order valence-corrected chi connectivity index (χ2v) is 12.2. The van der Waals surface area contributed by atoms with Gasteiger partial charge in [-0.2, -0.15) is 0 Å². The number of rotatable bonds is 2. The molecule has 8 atom stereocenters. The van der Waals surface area contributed by atoms with Crippen LogP contribution in [0.5, 0.6) is 0 Å². The van der Waals surface area contributed by atoms with E-state index in [2.05, 4.69) is 60.2 Å². The maximum absolute atomic E-state index is 11.2. The number of aliphatic hydroxyl groups excluding tert-OH is 2. The Morgan fingerprint density at radius 1 is 1.17 bits per heavy atom. The molecule has 6 heteroatoms. The van der Waals surface area contributed by atoms with Crippen molar-refractivity contribution in [3.05, 3.63) is 65.7 Å². The van der Waals surface area contributed by atoms with Crippen LogP contribution in [0.2, 0.25) is 0 Å². The minimum atomic E-state index is -0.899. The smallest absolute Gasteiger partial charge is 0.116 e. The summed E-state index contributed by atoms with van der Waals surface area (Å²) in [6.07, 6.45) is 12.3. The van der Waals surface area contributed by atoms with Crippen LogP contribution in [-0.2, 0) is 4.74 Å². The summed E-state index contributed by atoms with van der Waals surface area (Å²) in [6, 6.07) is 6.41. The first kappa shape index (κ1) is 22.8. The molecule has 2 N–H and O–H groups in total. The normalized spacial score (nSPS) is 43.0. The van der Waals surface area contributed by atoms with Gasteiger partial charge in [0.25, 0.3) is 0 Å². The van der Waals surface area contributed by atoms with Gasteiger partial charge in [-0.3, -0.25) is 0 Å². The Kier molecular flexibility index (Phi) is 4.65. The van der Waals surface area contributed by atoms with E-state index in [-0.39, 0.29) is 17.1 Å². The first-order chi connectivity index (χ1) is 17.2. The Hall–Kier alpha value is -2.38. The Balaban J connectivity index is 1.33. The molecule has 2 fully saturated rings. The molecular weight excluding hydrogens is 450 g/mol. The first-order valence-corrected chi connectivity index (χ1v) is 13.3.